The molecule has 4 rings (SSSR count). The van der Waals surface area contributed by atoms with E-state index in [9.17, 15) is 18.0 Å². The van der Waals surface area contributed by atoms with Crippen LogP contribution in [0.5, 0.6) is 0 Å². The molecule has 2 amide bonds. The Labute approximate surface area is 188 Å². The average molecular weight is 454 g/mol. The molecule has 1 N–H and O–H groups in total. The van der Waals surface area contributed by atoms with E-state index < -0.39 is 16.1 Å². The van der Waals surface area contributed by atoms with Crippen LogP contribution in [0.3, 0.4) is 0 Å². The lowest BCUT2D eigenvalue weighted by molar-refractivity contribution is -0.126. The zero-order valence-electron chi connectivity index (χ0n) is 18.0. The van der Waals surface area contributed by atoms with Gasteiger partial charge in [-0.25, -0.2) is 8.42 Å². The molecule has 32 heavy (non-hydrogen) atoms. The summed E-state index contributed by atoms with van der Waals surface area (Å²) >= 11 is 0. The summed E-state index contributed by atoms with van der Waals surface area (Å²) in [6, 6.07) is 14.0. The molecule has 0 fully saturated rings. The summed E-state index contributed by atoms with van der Waals surface area (Å²) in [5.41, 5.74) is 2.19. The number of amides is 2. The van der Waals surface area contributed by atoms with Crippen LogP contribution in [0.25, 0.3) is 0 Å². The molecule has 0 aromatic heterocycles. The van der Waals surface area contributed by atoms with Gasteiger partial charge in [0.1, 0.15) is 6.04 Å². The third-order valence-corrected chi connectivity index (χ3v) is 8.08. The van der Waals surface area contributed by atoms with Crippen LogP contribution in [0.2, 0.25) is 0 Å². The first-order valence-corrected chi connectivity index (χ1v) is 12.1. The maximum atomic E-state index is 13.4. The Morgan fingerprint density at radius 3 is 2.59 bits per heavy atom. The number of likely N-dealkylation sites (N-methyl/N-ethyl adjacent to an activating group) is 1. The predicted molar refractivity (Wildman–Crippen MR) is 123 cm³/mol. The maximum absolute atomic E-state index is 13.4. The molecule has 0 bridgehead atoms. The summed E-state index contributed by atoms with van der Waals surface area (Å²) in [6.07, 6.45) is 2.69. The normalized spacial score (nSPS) is 21.5. The van der Waals surface area contributed by atoms with Crippen molar-refractivity contribution < 1.29 is 18.0 Å². The van der Waals surface area contributed by atoms with Gasteiger partial charge in [-0.05, 0) is 30.5 Å². The highest BCUT2D eigenvalue weighted by Gasteiger charge is 2.46. The largest absolute Gasteiger partial charge is 0.357 e. The van der Waals surface area contributed by atoms with E-state index in [0.717, 1.165) is 5.56 Å². The zero-order chi connectivity index (χ0) is 22.9. The molecule has 0 spiro atoms. The highest BCUT2D eigenvalue weighted by molar-refractivity contribution is 7.89. The number of anilines is 1. The molecule has 2 aromatic rings. The summed E-state index contributed by atoms with van der Waals surface area (Å²) in [7, 11) is -2.15. The van der Waals surface area contributed by atoms with Gasteiger partial charge in [0.25, 0.3) is 0 Å². The minimum atomic E-state index is -3.70. The fraction of sp³-hybridized carbons (Fsp3) is 0.333. The van der Waals surface area contributed by atoms with Crippen molar-refractivity contribution in [3.8, 4) is 0 Å². The zero-order valence-corrected chi connectivity index (χ0v) is 18.8. The van der Waals surface area contributed by atoms with E-state index in [-0.39, 0.29) is 42.1 Å². The standard InChI is InChI=1S/C24H27N3O4S/c1-3-14-26-16-18-15-20(24(29)25-2)27(22(28)13-12-17-8-5-4-6-9-17)19-10-7-11-21(23(18)19)32(26,30)31/h3-11,18,20H,1,12-16H2,2H3,(H,25,29)/t18-,20-/m0/s1. The molecule has 0 saturated heterocycles. The Bertz CT molecular complexity index is 1150. The Morgan fingerprint density at radius 1 is 1.16 bits per heavy atom. The molecule has 7 nitrogen and oxygen atoms in total. The van der Waals surface area contributed by atoms with Crippen LogP contribution >= 0.6 is 0 Å². The fourth-order valence-corrected chi connectivity index (χ4v) is 6.48. The van der Waals surface area contributed by atoms with Gasteiger partial charge in [0.05, 0.1) is 4.90 Å². The van der Waals surface area contributed by atoms with E-state index in [1.807, 2.05) is 30.3 Å². The van der Waals surface area contributed by atoms with Crippen molar-refractivity contribution in [3.05, 3.63) is 72.3 Å². The lowest BCUT2D eigenvalue weighted by atomic mass is 9.84. The number of rotatable bonds is 6. The Kier molecular flexibility index (Phi) is 6.17. The first kappa shape index (κ1) is 22.2. The number of hydrogen-bond acceptors (Lipinski definition) is 4. The van der Waals surface area contributed by atoms with Gasteiger partial charge in [-0.1, -0.05) is 42.5 Å². The van der Waals surface area contributed by atoms with Crippen molar-refractivity contribution in [1.82, 2.24) is 9.62 Å². The maximum Gasteiger partial charge on any atom is 0.243 e. The van der Waals surface area contributed by atoms with Crippen LogP contribution in [-0.4, -0.2) is 50.7 Å². The van der Waals surface area contributed by atoms with Gasteiger partial charge in [-0.2, -0.15) is 4.31 Å². The Hall–Kier alpha value is -2.97. The number of carbonyl (C=O) groups excluding carboxylic acids is 2. The molecule has 2 heterocycles. The average Bonchev–Trinajstić information content (AvgIpc) is 2.80. The summed E-state index contributed by atoms with van der Waals surface area (Å²) in [4.78, 5) is 27.9. The summed E-state index contributed by atoms with van der Waals surface area (Å²) in [6.45, 7) is 4.14. The Morgan fingerprint density at radius 2 is 1.91 bits per heavy atom. The van der Waals surface area contributed by atoms with Gasteiger partial charge in [-0.15, -0.1) is 6.58 Å². The third kappa shape index (κ3) is 3.84. The van der Waals surface area contributed by atoms with Gasteiger partial charge in [0, 0.05) is 43.7 Å². The first-order chi connectivity index (χ1) is 15.4. The van der Waals surface area contributed by atoms with Gasteiger partial charge in [0.2, 0.25) is 21.8 Å². The molecule has 8 heteroatoms. The second-order valence-corrected chi connectivity index (χ2v) is 10.0. The van der Waals surface area contributed by atoms with Gasteiger partial charge in [0.15, 0.2) is 0 Å². The van der Waals surface area contributed by atoms with Crippen molar-refractivity contribution in [3.63, 3.8) is 0 Å². The van der Waals surface area contributed by atoms with Crippen LogP contribution in [0.15, 0.2) is 66.1 Å². The molecule has 2 atom stereocenters. The first-order valence-electron chi connectivity index (χ1n) is 10.7. The third-order valence-electron chi connectivity index (χ3n) is 6.19. The van der Waals surface area contributed by atoms with E-state index in [4.69, 9.17) is 0 Å². The highest BCUT2D eigenvalue weighted by Crippen LogP contribution is 2.46. The number of benzene rings is 2. The van der Waals surface area contributed by atoms with E-state index in [1.165, 1.54) is 9.21 Å². The molecular weight excluding hydrogens is 426 g/mol. The number of nitrogens with one attached hydrogen (secondary N) is 1. The summed E-state index contributed by atoms with van der Waals surface area (Å²) < 4.78 is 27.8. The molecular formula is C24H27N3O4S. The molecule has 2 aliphatic rings. The molecule has 0 saturated carbocycles. The summed E-state index contributed by atoms with van der Waals surface area (Å²) in [5, 5.41) is 2.67. The molecule has 168 valence electrons. The SMILES string of the molecule is C=CCN1C[C@@H]2C[C@@H](C(=O)NC)N(C(=O)CCc3ccccc3)c3cccc(c32)S1(=O)=O. The minimum absolute atomic E-state index is 0.176. The van der Waals surface area contributed by atoms with Gasteiger partial charge >= 0.3 is 0 Å². The number of sulfonamides is 1. The lowest BCUT2D eigenvalue weighted by Gasteiger charge is -2.44. The van der Waals surface area contributed by atoms with E-state index in [2.05, 4.69) is 11.9 Å². The van der Waals surface area contributed by atoms with Crippen LogP contribution in [-0.2, 0) is 26.0 Å². The lowest BCUT2D eigenvalue weighted by Crippen LogP contribution is -2.55. The topological polar surface area (TPSA) is 86.8 Å². The van der Waals surface area contributed by atoms with Gasteiger partial charge < -0.3 is 5.32 Å². The second-order valence-electron chi connectivity index (χ2n) is 8.11. The highest BCUT2D eigenvalue weighted by atomic mass is 32.2. The molecule has 2 aromatic carbocycles. The van der Waals surface area contributed by atoms with E-state index >= 15 is 0 Å². The van der Waals surface area contributed by atoms with Crippen molar-refractivity contribution in [2.24, 2.45) is 0 Å². The van der Waals surface area contributed by atoms with Crippen LogP contribution < -0.4 is 10.2 Å². The van der Waals surface area contributed by atoms with Crippen molar-refractivity contribution >= 4 is 27.5 Å². The quantitative estimate of drug-likeness (QED) is 0.681. The van der Waals surface area contributed by atoms with Crippen molar-refractivity contribution in [2.75, 3.05) is 25.0 Å². The fourth-order valence-electron chi connectivity index (χ4n) is 4.72. The molecule has 0 unspecified atom stereocenters. The number of hydrogen-bond donors (Lipinski definition) is 1. The smallest absolute Gasteiger partial charge is 0.243 e. The molecule has 0 aliphatic carbocycles. The molecule has 0 radical (unpaired) electrons. The minimum Gasteiger partial charge on any atom is -0.357 e. The van der Waals surface area contributed by atoms with Crippen LogP contribution in [0, 0.1) is 0 Å². The number of carbonyl (C=O) groups is 2. The van der Waals surface area contributed by atoms with Crippen molar-refractivity contribution in [2.45, 2.75) is 36.1 Å². The number of nitrogens with zero attached hydrogens (tertiary/aromatic N) is 2. The van der Waals surface area contributed by atoms with Crippen LogP contribution in [0.4, 0.5) is 5.69 Å². The second kappa shape index (κ2) is 8.88. The van der Waals surface area contributed by atoms with Crippen molar-refractivity contribution in [1.29, 1.82) is 0 Å². The number of aryl methyl sites for hydroxylation is 1. The van der Waals surface area contributed by atoms with Crippen LogP contribution in [0.1, 0.15) is 29.9 Å². The van der Waals surface area contributed by atoms with Gasteiger partial charge in [-0.3, -0.25) is 14.5 Å². The monoisotopic (exact) mass is 453 g/mol. The summed E-state index contributed by atoms with van der Waals surface area (Å²) in [5.74, 6) is -0.622. The molecule has 2 aliphatic heterocycles. The Balaban J connectivity index is 1.76. The van der Waals surface area contributed by atoms with E-state index in [0.29, 0.717) is 24.1 Å². The predicted octanol–water partition coefficient (Wildman–Crippen LogP) is 2.44. The van der Waals surface area contributed by atoms with E-state index in [1.54, 1.807) is 31.3 Å².